The molecule has 0 aliphatic heterocycles. The minimum absolute atomic E-state index is 0.0412. The van der Waals surface area contributed by atoms with Gasteiger partial charge in [-0.05, 0) is 24.2 Å². The van der Waals surface area contributed by atoms with Gasteiger partial charge in [-0.1, -0.05) is 40.0 Å². The van der Waals surface area contributed by atoms with Crippen molar-refractivity contribution >= 4 is 5.78 Å². The molecule has 0 amide bonds. The van der Waals surface area contributed by atoms with Crippen molar-refractivity contribution in [3.63, 3.8) is 0 Å². The molecule has 14 heavy (non-hydrogen) atoms. The van der Waals surface area contributed by atoms with E-state index in [9.17, 15) is 4.79 Å². The van der Waals surface area contributed by atoms with Gasteiger partial charge in [0.15, 0.2) is 0 Å². The van der Waals surface area contributed by atoms with Crippen molar-refractivity contribution in [2.75, 3.05) is 0 Å². The lowest BCUT2D eigenvalue weighted by Gasteiger charge is -2.17. The molecule has 0 aliphatic carbocycles. The Kier molecular flexibility index (Phi) is 7.20. The van der Waals surface area contributed by atoms with Gasteiger partial charge in [0.25, 0.3) is 0 Å². The highest BCUT2D eigenvalue weighted by Gasteiger charge is 2.13. The molecule has 0 rings (SSSR count). The van der Waals surface area contributed by atoms with Crippen LogP contribution in [0.3, 0.4) is 0 Å². The highest BCUT2D eigenvalue weighted by molar-refractivity contribution is 5.94. The second-order valence-electron chi connectivity index (χ2n) is 4.18. The summed E-state index contributed by atoms with van der Waals surface area (Å²) in [5, 5.41) is 0. The van der Waals surface area contributed by atoms with Crippen molar-refractivity contribution in [3.05, 3.63) is 0 Å². The second kappa shape index (κ2) is 7.62. The highest BCUT2D eigenvalue weighted by Crippen LogP contribution is 2.22. The fourth-order valence-electron chi connectivity index (χ4n) is 1.90. The molecule has 0 spiro atoms. The third-order valence-electron chi connectivity index (χ3n) is 2.73. The van der Waals surface area contributed by atoms with Gasteiger partial charge >= 0.3 is 0 Å². The fraction of sp³-hybridized carbons (Fsp3) is 0.769. The lowest BCUT2D eigenvalue weighted by Crippen LogP contribution is -2.10. The molecule has 0 aromatic carbocycles. The minimum Gasteiger partial charge on any atom is -0.285 e. The lowest BCUT2D eigenvalue weighted by atomic mass is 9.88. The summed E-state index contributed by atoms with van der Waals surface area (Å²) in [6, 6.07) is 0. The van der Waals surface area contributed by atoms with E-state index in [0.717, 1.165) is 18.8 Å². The first-order chi connectivity index (χ1) is 6.63. The highest BCUT2D eigenvalue weighted by atomic mass is 16.1. The Morgan fingerprint density at radius 2 is 2.07 bits per heavy atom. The van der Waals surface area contributed by atoms with E-state index in [0.29, 0.717) is 12.3 Å². The molecule has 0 bridgehead atoms. The van der Waals surface area contributed by atoms with Crippen molar-refractivity contribution in [2.24, 2.45) is 11.8 Å². The number of carbonyl (C=O) groups is 1. The zero-order chi connectivity index (χ0) is 11.0. The van der Waals surface area contributed by atoms with Gasteiger partial charge in [0.05, 0.1) is 0 Å². The molecule has 0 saturated heterocycles. The summed E-state index contributed by atoms with van der Waals surface area (Å²) < 4.78 is 0. The number of Topliss-reactive ketones (excluding diaryl/α,β-unsaturated/α-hetero) is 1. The molecule has 0 fully saturated rings. The molecule has 2 atom stereocenters. The summed E-state index contributed by atoms with van der Waals surface area (Å²) in [4.78, 5) is 11.1. The Morgan fingerprint density at radius 1 is 1.43 bits per heavy atom. The van der Waals surface area contributed by atoms with Crippen LogP contribution in [0.25, 0.3) is 0 Å². The fourth-order valence-corrected chi connectivity index (χ4v) is 1.90. The van der Waals surface area contributed by atoms with Crippen LogP contribution in [0, 0.1) is 24.2 Å². The van der Waals surface area contributed by atoms with E-state index in [1.807, 2.05) is 0 Å². The van der Waals surface area contributed by atoms with E-state index in [-0.39, 0.29) is 5.78 Å². The molecule has 2 unspecified atom stereocenters. The van der Waals surface area contributed by atoms with Crippen LogP contribution in [0.2, 0.25) is 0 Å². The van der Waals surface area contributed by atoms with Gasteiger partial charge in [0.1, 0.15) is 0 Å². The van der Waals surface area contributed by atoms with Crippen LogP contribution in [-0.4, -0.2) is 5.78 Å². The van der Waals surface area contributed by atoms with Crippen molar-refractivity contribution in [1.82, 2.24) is 0 Å². The van der Waals surface area contributed by atoms with Gasteiger partial charge in [0, 0.05) is 6.42 Å². The topological polar surface area (TPSA) is 17.1 Å². The number of hydrogen-bond acceptors (Lipinski definition) is 1. The summed E-state index contributed by atoms with van der Waals surface area (Å²) in [7, 11) is 0. The molecule has 0 saturated carbocycles. The maximum atomic E-state index is 11.1. The predicted octanol–water partition coefficient (Wildman–Crippen LogP) is 3.43. The number of rotatable bonds is 7. The van der Waals surface area contributed by atoms with Crippen LogP contribution >= 0.6 is 0 Å². The Bertz CT molecular complexity index is 200. The molecule has 0 aromatic rings. The number of terminal acetylenes is 1. The molecule has 0 radical (unpaired) electrons. The van der Waals surface area contributed by atoms with Gasteiger partial charge in [-0.3, -0.25) is 4.79 Å². The molecule has 80 valence electrons. The first-order valence-corrected chi connectivity index (χ1v) is 5.63. The van der Waals surface area contributed by atoms with Crippen molar-refractivity contribution in [1.29, 1.82) is 0 Å². The molecular weight excluding hydrogens is 172 g/mol. The average Bonchev–Trinajstić information content (AvgIpc) is 2.16. The maximum absolute atomic E-state index is 11.1. The summed E-state index contributed by atoms with van der Waals surface area (Å²) in [5.41, 5.74) is 0. The van der Waals surface area contributed by atoms with Gasteiger partial charge in [0.2, 0.25) is 5.78 Å². The van der Waals surface area contributed by atoms with Crippen molar-refractivity contribution in [2.45, 2.75) is 52.9 Å². The average molecular weight is 194 g/mol. The molecule has 1 nitrogen and oxygen atoms in total. The standard InChI is InChI=1S/C13H22O/c1-5-8-11(4)9-12(6-2)10-13(14)7-3/h3,11-12H,5-6,8-10H2,1-2,4H3. The van der Waals surface area contributed by atoms with Gasteiger partial charge in [-0.2, -0.15) is 0 Å². The van der Waals surface area contributed by atoms with Crippen LogP contribution in [0.1, 0.15) is 52.9 Å². The SMILES string of the molecule is C#CC(=O)CC(CC)CC(C)CCC. The molecule has 0 aliphatic rings. The van der Waals surface area contributed by atoms with E-state index < -0.39 is 0 Å². The largest absolute Gasteiger partial charge is 0.285 e. The summed E-state index contributed by atoms with van der Waals surface area (Å²) in [6.45, 7) is 6.59. The molecule has 0 N–H and O–H groups in total. The van der Waals surface area contributed by atoms with E-state index in [4.69, 9.17) is 6.42 Å². The third kappa shape index (κ3) is 5.80. The predicted molar refractivity (Wildman–Crippen MR) is 60.9 cm³/mol. The van der Waals surface area contributed by atoms with E-state index in [2.05, 4.69) is 26.7 Å². The van der Waals surface area contributed by atoms with E-state index in [1.165, 1.54) is 12.8 Å². The maximum Gasteiger partial charge on any atom is 0.205 e. The van der Waals surface area contributed by atoms with E-state index in [1.54, 1.807) is 0 Å². The van der Waals surface area contributed by atoms with E-state index >= 15 is 0 Å². The van der Waals surface area contributed by atoms with Gasteiger partial charge in [-0.15, -0.1) is 6.42 Å². The number of ketones is 1. The van der Waals surface area contributed by atoms with Crippen LogP contribution in [0.15, 0.2) is 0 Å². The number of hydrogen-bond donors (Lipinski definition) is 0. The Labute approximate surface area is 88.3 Å². The zero-order valence-corrected chi connectivity index (χ0v) is 9.68. The Hall–Kier alpha value is -0.770. The van der Waals surface area contributed by atoms with Crippen LogP contribution in [0.4, 0.5) is 0 Å². The third-order valence-corrected chi connectivity index (χ3v) is 2.73. The summed E-state index contributed by atoms with van der Waals surface area (Å²) >= 11 is 0. The monoisotopic (exact) mass is 194 g/mol. The normalized spacial score (nSPS) is 14.4. The number of carbonyl (C=O) groups excluding carboxylic acids is 1. The van der Waals surface area contributed by atoms with Crippen LogP contribution < -0.4 is 0 Å². The molecule has 0 heterocycles. The van der Waals surface area contributed by atoms with Crippen LogP contribution in [-0.2, 0) is 4.79 Å². The van der Waals surface area contributed by atoms with Gasteiger partial charge in [-0.25, -0.2) is 0 Å². The molecular formula is C13H22O. The lowest BCUT2D eigenvalue weighted by molar-refractivity contribution is -0.114. The first-order valence-electron chi connectivity index (χ1n) is 5.63. The molecule has 0 aromatic heterocycles. The van der Waals surface area contributed by atoms with Gasteiger partial charge < -0.3 is 0 Å². The summed E-state index contributed by atoms with van der Waals surface area (Å²) in [6.07, 6.45) is 10.3. The Morgan fingerprint density at radius 3 is 2.50 bits per heavy atom. The quantitative estimate of drug-likeness (QED) is 0.448. The minimum atomic E-state index is -0.0412. The summed E-state index contributed by atoms with van der Waals surface area (Å²) in [5.74, 6) is 3.36. The van der Waals surface area contributed by atoms with Crippen molar-refractivity contribution < 1.29 is 4.79 Å². The zero-order valence-electron chi connectivity index (χ0n) is 9.68. The molecule has 1 heteroatoms. The Balaban J connectivity index is 3.91. The van der Waals surface area contributed by atoms with Crippen molar-refractivity contribution in [3.8, 4) is 12.3 Å². The smallest absolute Gasteiger partial charge is 0.205 e. The first kappa shape index (κ1) is 13.2. The second-order valence-corrected chi connectivity index (χ2v) is 4.18. The van der Waals surface area contributed by atoms with Crippen LogP contribution in [0.5, 0.6) is 0 Å².